The number of aryl methyl sites for hydroxylation is 1. The molecule has 21 heavy (non-hydrogen) atoms. The Morgan fingerprint density at radius 3 is 2.48 bits per heavy atom. The van der Waals surface area contributed by atoms with Gasteiger partial charge in [0.05, 0.1) is 12.2 Å². The van der Waals surface area contributed by atoms with Crippen molar-refractivity contribution in [1.82, 2.24) is 20.3 Å². The number of hydrogen-bond acceptors (Lipinski definition) is 5. The SMILES string of the molecule is Cc1cc(CN2CCN(CC3CCNCC3)CC2)on1.Cl. The van der Waals surface area contributed by atoms with E-state index >= 15 is 0 Å². The number of hydrogen-bond donors (Lipinski definition) is 1. The lowest BCUT2D eigenvalue weighted by Crippen LogP contribution is -2.48. The Hall–Kier alpha value is -0.620. The fraction of sp³-hybridized carbons (Fsp3) is 0.800. The molecule has 2 saturated heterocycles. The highest BCUT2D eigenvalue weighted by Gasteiger charge is 2.21. The van der Waals surface area contributed by atoms with Crippen molar-refractivity contribution in [3.63, 3.8) is 0 Å². The van der Waals surface area contributed by atoms with E-state index in [4.69, 9.17) is 4.52 Å². The summed E-state index contributed by atoms with van der Waals surface area (Å²) in [6, 6.07) is 2.04. The zero-order valence-electron chi connectivity index (χ0n) is 12.9. The molecule has 0 amide bonds. The van der Waals surface area contributed by atoms with E-state index in [-0.39, 0.29) is 12.4 Å². The Balaban J connectivity index is 0.00000161. The van der Waals surface area contributed by atoms with Crippen LogP contribution in [0.15, 0.2) is 10.6 Å². The van der Waals surface area contributed by atoms with Crippen LogP contribution < -0.4 is 5.32 Å². The highest BCUT2D eigenvalue weighted by molar-refractivity contribution is 5.85. The number of piperidine rings is 1. The zero-order valence-corrected chi connectivity index (χ0v) is 13.7. The van der Waals surface area contributed by atoms with Crippen molar-refractivity contribution in [2.24, 2.45) is 5.92 Å². The fourth-order valence-electron chi connectivity index (χ4n) is 3.27. The third-order valence-corrected chi connectivity index (χ3v) is 4.50. The van der Waals surface area contributed by atoms with Crippen molar-refractivity contribution >= 4 is 12.4 Å². The van der Waals surface area contributed by atoms with Gasteiger partial charge in [0.15, 0.2) is 5.76 Å². The van der Waals surface area contributed by atoms with Crippen molar-refractivity contribution in [3.8, 4) is 0 Å². The molecule has 0 atom stereocenters. The van der Waals surface area contributed by atoms with Crippen LogP contribution >= 0.6 is 12.4 Å². The van der Waals surface area contributed by atoms with E-state index in [1.807, 2.05) is 13.0 Å². The van der Waals surface area contributed by atoms with Crippen LogP contribution in [-0.2, 0) is 6.54 Å². The maximum Gasteiger partial charge on any atom is 0.150 e. The molecule has 2 aliphatic rings. The van der Waals surface area contributed by atoms with Crippen LogP contribution in [-0.4, -0.2) is 60.8 Å². The predicted octanol–water partition coefficient (Wildman–Crippen LogP) is 1.52. The molecule has 5 nitrogen and oxygen atoms in total. The first-order valence-corrected chi connectivity index (χ1v) is 7.87. The number of nitrogens with zero attached hydrogens (tertiary/aromatic N) is 3. The van der Waals surface area contributed by atoms with Gasteiger partial charge in [-0.1, -0.05) is 5.16 Å². The van der Waals surface area contributed by atoms with E-state index < -0.39 is 0 Å². The van der Waals surface area contributed by atoms with Gasteiger partial charge in [0.2, 0.25) is 0 Å². The number of piperazine rings is 1. The van der Waals surface area contributed by atoms with Crippen molar-refractivity contribution in [1.29, 1.82) is 0 Å². The smallest absolute Gasteiger partial charge is 0.150 e. The Kier molecular flexibility index (Phi) is 6.48. The molecular formula is C15H27ClN4O. The van der Waals surface area contributed by atoms with Gasteiger partial charge in [-0.3, -0.25) is 4.90 Å². The van der Waals surface area contributed by atoms with Crippen LogP contribution in [0.2, 0.25) is 0 Å². The molecule has 3 heterocycles. The molecule has 0 bridgehead atoms. The number of halogens is 1. The Morgan fingerprint density at radius 1 is 1.19 bits per heavy atom. The van der Waals surface area contributed by atoms with E-state index in [0.717, 1.165) is 37.0 Å². The molecule has 0 radical (unpaired) electrons. The molecule has 2 aliphatic heterocycles. The minimum absolute atomic E-state index is 0. The molecule has 0 saturated carbocycles. The van der Waals surface area contributed by atoms with Crippen LogP contribution in [0.3, 0.4) is 0 Å². The summed E-state index contributed by atoms with van der Waals surface area (Å²) in [5.74, 6) is 1.90. The molecule has 1 aromatic rings. The maximum absolute atomic E-state index is 5.30. The summed E-state index contributed by atoms with van der Waals surface area (Å²) in [5.41, 5.74) is 0.976. The zero-order chi connectivity index (χ0) is 13.8. The van der Waals surface area contributed by atoms with Crippen LogP contribution in [0.1, 0.15) is 24.3 Å². The van der Waals surface area contributed by atoms with E-state index in [0.29, 0.717) is 0 Å². The average Bonchev–Trinajstić information content (AvgIpc) is 2.88. The van der Waals surface area contributed by atoms with E-state index in [1.165, 1.54) is 45.6 Å². The van der Waals surface area contributed by atoms with Crippen LogP contribution in [0, 0.1) is 12.8 Å². The quantitative estimate of drug-likeness (QED) is 0.913. The first-order valence-electron chi connectivity index (χ1n) is 7.87. The summed E-state index contributed by atoms with van der Waals surface area (Å²) >= 11 is 0. The van der Waals surface area contributed by atoms with Gasteiger partial charge in [-0.2, -0.15) is 0 Å². The van der Waals surface area contributed by atoms with Gasteiger partial charge in [-0.15, -0.1) is 12.4 Å². The van der Waals surface area contributed by atoms with Crippen LogP contribution in [0.25, 0.3) is 0 Å². The van der Waals surface area contributed by atoms with Crippen molar-refractivity contribution in [3.05, 3.63) is 17.5 Å². The summed E-state index contributed by atoms with van der Waals surface area (Å²) in [7, 11) is 0. The molecule has 1 aromatic heterocycles. The minimum Gasteiger partial charge on any atom is -0.360 e. The lowest BCUT2D eigenvalue weighted by atomic mass is 9.97. The monoisotopic (exact) mass is 314 g/mol. The molecule has 0 aliphatic carbocycles. The summed E-state index contributed by atoms with van der Waals surface area (Å²) in [6.45, 7) is 11.2. The first kappa shape index (κ1) is 16.7. The maximum atomic E-state index is 5.30. The topological polar surface area (TPSA) is 44.5 Å². The molecule has 6 heteroatoms. The van der Waals surface area contributed by atoms with Gasteiger partial charge in [0.1, 0.15) is 0 Å². The normalized spacial score (nSPS) is 22.1. The van der Waals surface area contributed by atoms with Crippen molar-refractivity contribution < 1.29 is 4.52 Å². The highest BCUT2D eigenvalue weighted by Crippen LogP contribution is 2.15. The van der Waals surface area contributed by atoms with Gasteiger partial charge in [0, 0.05) is 38.8 Å². The molecule has 1 N–H and O–H groups in total. The largest absolute Gasteiger partial charge is 0.360 e. The summed E-state index contributed by atoms with van der Waals surface area (Å²) < 4.78 is 5.30. The number of rotatable bonds is 4. The molecule has 3 rings (SSSR count). The van der Waals surface area contributed by atoms with E-state index in [9.17, 15) is 0 Å². The van der Waals surface area contributed by atoms with Crippen molar-refractivity contribution in [2.75, 3.05) is 45.8 Å². The average molecular weight is 315 g/mol. The van der Waals surface area contributed by atoms with Gasteiger partial charge in [-0.05, 0) is 38.8 Å². The van der Waals surface area contributed by atoms with Crippen molar-refractivity contribution in [2.45, 2.75) is 26.3 Å². The number of aromatic nitrogens is 1. The standard InChI is InChI=1S/C15H26N4O.ClH/c1-13-10-15(20-17-13)12-19-8-6-18(7-9-19)11-14-2-4-16-5-3-14;/h10,14,16H,2-9,11-12H2,1H3;1H. The Labute approximate surface area is 133 Å². The van der Waals surface area contributed by atoms with E-state index in [2.05, 4.69) is 20.3 Å². The molecule has 0 aromatic carbocycles. The van der Waals surface area contributed by atoms with Gasteiger partial charge in [0.25, 0.3) is 0 Å². The van der Waals surface area contributed by atoms with Crippen LogP contribution in [0.5, 0.6) is 0 Å². The molecular weight excluding hydrogens is 288 g/mol. The molecule has 120 valence electrons. The van der Waals surface area contributed by atoms with Gasteiger partial charge in [-0.25, -0.2) is 0 Å². The first-order chi connectivity index (χ1) is 9.79. The van der Waals surface area contributed by atoms with Gasteiger partial charge < -0.3 is 14.7 Å². The Bertz CT molecular complexity index is 412. The predicted molar refractivity (Wildman–Crippen MR) is 85.8 cm³/mol. The van der Waals surface area contributed by atoms with Gasteiger partial charge >= 0.3 is 0 Å². The lowest BCUT2D eigenvalue weighted by molar-refractivity contribution is 0.100. The summed E-state index contributed by atoms with van der Waals surface area (Å²) in [6.07, 6.45) is 2.69. The third-order valence-electron chi connectivity index (χ3n) is 4.50. The van der Waals surface area contributed by atoms with Crippen LogP contribution in [0.4, 0.5) is 0 Å². The fourth-order valence-corrected chi connectivity index (χ4v) is 3.27. The third kappa shape index (κ3) is 4.95. The van der Waals surface area contributed by atoms with E-state index in [1.54, 1.807) is 0 Å². The second-order valence-corrected chi connectivity index (χ2v) is 6.20. The second kappa shape index (κ2) is 8.13. The summed E-state index contributed by atoms with van der Waals surface area (Å²) in [4.78, 5) is 5.11. The minimum atomic E-state index is 0. The second-order valence-electron chi connectivity index (χ2n) is 6.20. The molecule has 2 fully saturated rings. The number of nitrogens with one attached hydrogen (secondary N) is 1. The Morgan fingerprint density at radius 2 is 1.86 bits per heavy atom. The summed E-state index contributed by atoms with van der Waals surface area (Å²) in [5, 5.41) is 7.40. The lowest BCUT2D eigenvalue weighted by Gasteiger charge is -2.36. The molecule has 0 spiro atoms. The highest BCUT2D eigenvalue weighted by atomic mass is 35.5. The molecule has 0 unspecified atom stereocenters.